The van der Waals surface area contributed by atoms with Gasteiger partial charge in [0.05, 0.1) is 0 Å². The van der Waals surface area contributed by atoms with Crippen molar-refractivity contribution < 1.29 is 17.7 Å². The van der Waals surface area contributed by atoms with Gasteiger partial charge in [-0.2, -0.15) is 4.31 Å². The van der Waals surface area contributed by atoms with E-state index in [1.54, 1.807) is 18.7 Å². The third kappa shape index (κ3) is 4.64. The predicted molar refractivity (Wildman–Crippen MR) is 103 cm³/mol. The molecular formula is C17H29ClN4O4S. The number of aromatic nitrogens is 1. The monoisotopic (exact) mass is 420 g/mol. The van der Waals surface area contributed by atoms with Crippen molar-refractivity contribution in [3.63, 3.8) is 0 Å². The lowest BCUT2D eigenvalue weighted by Crippen LogP contribution is -2.39. The van der Waals surface area contributed by atoms with Crippen LogP contribution in [0.4, 0.5) is 0 Å². The summed E-state index contributed by atoms with van der Waals surface area (Å²) in [4.78, 5) is 14.6. The minimum atomic E-state index is -3.66. The summed E-state index contributed by atoms with van der Waals surface area (Å²) in [7, 11) is -3.66. The Labute approximate surface area is 166 Å². The second-order valence-corrected chi connectivity index (χ2v) is 9.23. The van der Waals surface area contributed by atoms with Gasteiger partial charge in [0.15, 0.2) is 5.76 Å². The summed E-state index contributed by atoms with van der Waals surface area (Å²) in [6.45, 7) is 4.89. The number of rotatable bonds is 4. The number of carbonyl (C=O) groups excluding carboxylic acids is 1. The van der Waals surface area contributed by atoms with E-state index in [1.165, 1.54) is 4.31 Å². The Kier molecular flexibility index (Phi) is 7.29. The number of carbonyl (C=O) groups is 1. The van der Waals surface area contributed by atoms with Gasteiger partial charge in [-0.1, -0.05) is 11.6 Å². The molecule has 3 rings (SSSR count). The maximum absolute atomic E-state index is 12.9. The molecule has 1 aliphatic heterocycles. The quantitative estimate of drug-likeness (QED) is 0.789. The van der Waals surface area contributed by atoms with Gasteiger partial charge in [-0.3, -0.25) is 4.79 Å². The molecule has 1 aromatic heterocycles. The summed E-state index contributed by atoms with van der Waals surface area (Å²) >= 11 is 0. The zero-order valence-corrected chi connectivity index (χ0v) is 17.5. The van der Waals surface area contributed by atoms with Crippen LogP contribution in [-0.2, 0) is 14.8 Å². The summed E-state index contributed by atoms with van der Waals surface area (Å²) in [5.41, 5.74) is 6.45. The Morgan fingerprint density at radius 2 is 1.93 bits per heavy atom. The SMILES string of the molecule is Cc1noc(C)c1S(=O)(=O)N1CCCN(C(=O)C[C@@H]2CCC[C@H]2N)CC1.Cl. The predicted octanol–water partition coefficient (Wildman–Crippen LogP) is 1.45. The molecule has 8 nitrogen and oxygen atoms in total. The lowest BCUT2D eigenvalue weighted by molar-refractivity contribution is -0.132. The van der Waals surface area contributed by atoms with E-state index in [0.717, 1.165) is 19.3 Å². The normalized spacial score (nSPS) is 24.5. The molecule has 0 spiro atoms. The van der Waals surface area contributed by atoms with E-state index in [1.807, 2.05) is 0 Å². The summed E-state index contributed by atoms with van der Waals surface area (Å²) in [5, 5.41) is 3.75. The lowest BCUT2D eigenvalue weighted by atomic mass is 9.99. The highest BCUT2D eigenvalue weighted by atomic mass is 35.5. The molecule has 1 saturated heterocycles. The molecule has 2 aliphatic rings. The van der Waals surface area contributed by atoms with Crippen LogP contribution >= 0.6 is 12.4 Å². The first-order chi connectivity index (χ1) is 12.3. The first-order valence-electron chi connectivity index (χ1n) is 9.27. The number of amides is 1. The van der Waals surface area contributed by atoms with Crippen molar-refractivity contribution in [2.45, 2.75) is 56.9 Å². The maximum Gasteiger partial charge on any atom is 0.248 e. The highest BCUT2D eigenvalue weighted by Crippen LogP contribution is 2.28. The third-order valence-corrected chi connectivity index (χ3v) is 7.67. The van der Waals surface area contributed by atoms with Gasteiger partial charge in [0, 0.05) is 38.6 Å². The highest BCUT2D eigenvalue weighted by molar-refractivity contribution is 7.89. The Morgan fingerprint density at radius 3 is 2.52 bits per heavy atom. The number of sulfonamides is 1. The van der Waals surface area contributed by atoms with E-state index < -0.39 is 10.0 Å². The van der Waals surface area contributed by atoms with E-state index in [9.17, 15) is 13.2 Å². The van der Waals surface area contributed by atoms with Crippen LogP contribution in [0.15, 0.2) is 9.42 Å². The first-order valence-corrected chi connectivity index (χ1v) is 10.7. The lowest BCUT2D eigenvalue weighted by Gasteiger charge is -2.24. The van der Waals surface area contributed by atoms with Crippen molar-refractivity contribution >= 4 is 28.3 Å². The van der Waals surface area contributed by atoms with E-state index in [4.69, 9.17) is 10.3 Å². The summed E-state index contributed by atoms with van der Waals surface area (Å²) in [6, 6.07) is 0.113. The minimum absolute atomic E-state index is 0. The molecular weight excluding hydrogens is 392 g/mol. The van der Waals surface area contributed by atoms with Gasteiger partial charge < -0.3 is 15.2 Å². The van der Waals surface area contributed by atoms with Crippen molar-refractivity contribution in [1.82, 2.24) is 14.4 Å². The Bertz CT molecular complexity index is 747. The average Bonchev–Trinajstić information content (AvgIpc) is 3.03. The van der Waals surface area contributed by atoms with Crippen molar-refractivity contribution in [2.24, 2.45) is 11.7 Å². The van der Waals surface area contributed by atoms with Gasteiger partial charge in [-0.05, 0) is 39.0 Å². The fourth-order valence-corrected chi connectivity index (χ4v) is 5.79. The van der Waals surface area contributed by atoms with Gasteiger partial charge in [-0.15, -0.1) is 12.4 Å². The van der Waals surface area contributed by atoms with Gasteiger partial charge >= 0.3 is 0 Å². The van der Waals surface area contributed by atoms with E-state index >= 15 is 0 Å². The zero-order chi connectivity index (χ0) is 18.9. The van der Waals surface area contributed by atoms with Crippen molar-refractivity contribution in [3.05, 3.63) is 11.5 Å². The Hall–Kier alpha value is -1.16. The summed E-state index contributed by atoms with van der Waals surface area (Å²) in [6.07, 6.45) is 4.17. The molecule has 1 saturated carbocycles. The highest BCUT2D eigenvalue weighted by Gasteiger charge is 2.34. The molecule has 27 heavy (non-hydrogen) atoms. The Morgan fingerprint density at radius 1 is 1.19 bits per heavy atom. The standard InChI is InChI=1S/C17H28N4O4S.ClH/c1-12-17(13(2)25-19-12)26(23,24)21-8-4-7-20(9-10-21)16(22)11-14-5-3-6-15(14)18;/h14-15H,3-11,18H2,1-2H3;1H/t14-,15+;/m0./s1. The molecule has 0 radical (unpaired) electrons. The van der Waals surface area contributed by atoms with Crippen LogP contribution in [0.2, 0.25) is 0 Å². The summed E-state index contributed by atoms with van der Waals surface area (Å²) < 4.78 is 32.3. The topological polar surface area (TPSA) is 110 Å². The zero-order valence-electron chi connectivity index (χ0n) is 15.9. The van der Waals surface area contributed by atoms with Gasteiger partial charge in [0.25, 0.3) is 0 Å². The molecule has 10 heteroatoms. The van der Waals surface area contributed by atoms with Gasteiger partial charge in [0.2, 0.25) is 15.9 Å². The second-order valence-electron chi connectivity index (χ2n) is 7.35. The van der Waals surface area contributed by atoms with E-state index in [0.29, 0.717) is 43.9 Å². The molecule has 2 atom stereocenters. The minimum Gasteiger partial charge on any atom is -0.360 e. The molecule has 0 bridgehead atoms. The second kappa shape index (κ2) is 8.89. The molecule has 0 aromatic carbocycles. The third-order valence-electron chi connectivity index (χ3n) is 5.53. The maximum atomic E-state index is 12.9. The largest absolute Gasteiger partial charge is 0.360 e. The molecule has 1 amide bonds. The van der Waals surface area contributed by atoms with Gasteiger partial charge in [-0.25, -0.2) is 8.42 Å². The van der Waals surface area contributed by atoms with Crippen molar-refractivity contribution in [3.8, 4) is 0 Å². The van der Waals surface area contributed by atoms with Crippen LogP contribution in [-0.4, -0.2) is 60.9 Å². The fourth-order valence-electron chi connectivity index (χ4n) is 4.03. The molecule has 2 fully saturated rings. The molecule has 1 aromatic rings. The smallest absolute Gasteiger partial charge is 0.248 e. The van der Waals surface area contributed by atoms with Crippen LogP contribution in [0.1, 0.15) is 43.6 Å². The van der Waals surface area contributed by atoms with Crippen LogP contribution in [0, 0.1) is 19.8 Å². The van der Waals surface area contributed by atoms with Crippen molar-refractivity contribution in [2.75, 3.05) is 26.2 Å². The molecule has 2 N–H and O–H groups in total. The number of hydrogen-bond acceptors (Lipinski definition) is 6. The van der Waals surface area contributed by atoms with Crippen LogP contribution in [0.3, 0.4) is 0 Å². The van der Waals surface area contributed by atoms with E-state index in [-0.39, 0.29) is 41.7 Å². The fraction of sp³-hybridized carbons (Fsp3) is 0.765. The van der Waals surface area contributed by atoms with Crippen molar-refractivity contribution in [1.29, 1.82) is 0 Å². The number of nitrogens with two attached hydrogens (primary N) is 1. The number of halogens is 1. The molecule has 154 valence electrons. The number of hydrogen-bond donors (Lipinski definition) is 1. The van der Waals surface area contributed by atoms with E-state index in [2.05, 4.69) is 5.16 Å². The number of nitrogens with zero attached hydrogens (tertiary/aromatic N) is 3. The molecule has 1 aliphatic carbocycles. The molecule has 0 unspecified atom stereocenters. The molecule has 2 heterocycles. The van der Waals surface area contributed by atoms with Gasteiger partial charge in [0.1, 0.15) is 10.6 Å². The van der Waals surface area contributed by atoms with Crippen LogP contribution < -0.4 is 5.73 Å². The number of aryl methyl sites for hydroxylation is 2. The van der Waals surface area contributed by atoms with Crippen LogP contribution in [0.25, 0.3) is 0 Å². The Balaban J connectivity index is 0.00000261. The average molecular weight is 421 g/mol. The van der Waals surface area contributed by atoms with Crippen LogP contribution in [0.5, 0.6) is 0 Å². The summed E-state index contributed by atoms with van der Waals surface area (Å²) in [5.74, 6) is 0.645. The first kappa shape index (κ1) is 22.1.